The van der Waals surface area contributed by atoms with E-state index < -0.39 is 22.5 Å². The van der Waals surface area contributed by atoms with Gasteiger partial charge in [-0.25, -0.2) is 4.39 Å². The lowest BCUT2D eigenvalue weighted by Crippen LogP contribution is -2.12. The summed E-state index contributed by atoms with van der Waals surface area (Å²) in [5.41, 5.74) is 11.7. The van der Waals surface area contributed by atoms with Gasteiger partial charge in [-0.1, -0.05) is 0 Å². The highest BCUT2D eigenvalue weighted by Gasteiger charge is 2.14. The van der Waals surface area contributed by atoms with E-state index in [1.54, 1.807) is 18.2 Å². The number of primary amides is 1. The van der Waals surface area contributed by atoms with Crippen molar-refractivity contribution >= 4 is 38.3 Å². The number of nitrogen functional groups attached to an aromatic ring is 1. The standard InChI is InChI=1S/C14H12BrFN2O2S/c15-11-6-10(17)2-4-13(11)21(20)7-9-5-8(14(18)19)1-3-12(9)16/h1-6H,7,17H2,(H2,18,19). The molecule has 1 atom stereocenters. The lowest BCUT2D eigenvalue weighted by atomic mass is 10.1. The Kier molecular flexibility index (Phi) is 4.74. The van der Waals surface area contributed by atoms with Crippen molar-refractivity contribution in [3.8, 4) is 0 Å². The number of amides is 1. The third-order valence-electron chi connectivity index (χ3n) is 2.82. The minimum absolute atomic E-state index is 0.0600. The van der Waals surface area contributed by atoms with Crippen LogP contribution in [0.25, 0.3) is 0 Å². The van der Waals surface area contributed by atoms with Crippen molar-refractivity contribution in [1.82, 2.24) is 0 Å². The van der Waals surface area contributed by atoms with E-state index in [-0.39, 0.29) is 16.9 Å². The highest BCUT2D eigenvalue weighted by molar-refractivity contribution is 9.10. The number of benzene rings is 2. The van der Waals surface area contributed by atoms with E-state index in [0.717, 1.165) is 6.07 Å². The first kappa shape index (κ1) is 15.7. The molecule has 0 heterocycles. The Balaban J connectivity index is 2.31. The molecule has 21 heavy (non-hydrogen) atoms. The smallest absolute Gasteiger partial charge is 0.248 e. The number of hydrogen-bond donors (Lipinski definition) is 2. The zero-order chi connectivity index (χ0) is 15.6. The van der Waals surface area contributed by atoms with E-state index in [2.05, 4.69) is 15.9 Å². The van der Waals surface area contributed by atoms with Crippen LogP contribution in [0.1, 0.15) is 15.9 Å². The first-order valence-corrected chi connectivity index (χ1v) is 8.01. The molecule has 0 aliphatic carbocycles. The number of hydrogen-bond acceptors (Lipinski definition) is 3. The predicted molar refractivity (Wildman–Crippen MR) is 83.6 cm³/mol. The molecule has 2 rings (SSSR count). The lowest BCUT2D eigenvalue weighted by molar-refractivity contribution is 0.1000. The Labute approximate surface area is 131 Å². The quantitative estimate of drug-likeness (QED) is 0.810. The molecule has 1 unspecified atom stereocenters. The molecule has 0 bridgehead atoms. The van der Waals surface area contributed by atoms with Crippen LogP contribution in [0.15, 0.2) is 45.8 Å². The minimum atomic E-state index is -1.48. The fourth-order valence-electron chi connectivity index (χ4n) is 1.76. The second-order valence-corrected chi connectivity index (χ2v) is 6.62. The van der Waals surface area contributed by atoms with Gasteiger partial charge >= 0.3 is 0 Å². The van der Waals surface area contributed by atoms with Gasteiger partial charge in [0.2, 0.25) is 5.91 Å². The Morgan fingerprint density at radius 2 is 1.95 bits per heavy atom. The van der Waals surface area contributed by atoms with Gasteiger partial charge in [0.1, 0.15) is 5.82 Å². The van der Waals surface area contributed by atoms with E-state index in [4.69, 9.17) is 11.5 Å². The molecule has 0 aliphatic heterocycles. The molecule has 0 fully saturated rings. The molecule has 110 valence electrons. The van der Waals surface area contributed by atoms with Gasteiger partial charge in [0.05, 0.1) is 21.4 Å². The molecule has 4 N–H and O–H groups in total. The molecule has 2 aromatic carbocycles. The van der Waals surface area contributed by atoms with Crippen LogP contribution < -0.4 is 11.5 Å². The Morgan fingerprint density at radius 1 is 1.24 bits per heavy atom. The molecule has 7 heteroatoms. The summed E-state index contributed by atoms with van der Waals surface area (Å²) in [6.45, 7) is 0. The molecule has 1 amide bonds. The molecule has 4 nitrogen and oxygen atoms in total. The zero-order valence-electron chi connectivity index (χ0n) is 10.8. The van der Waals surface area contributed by atoms with Crippen LogP contribution in [-0.4, -0.2) is 10.1 Å². The largest absolute Gasteiger partial charge is 0.399 e. The molecule has 0 aromatic heterocycles. The molecular formula is C14H12BrFN2O2S. The highest BCUT2D eigenvalue weighted by atomic mass is 79.9. The second-order valence-electron chi connectivity index (χ2n) is 4.35. The van der Waals surface area contributed by atoms with Crippen molar-refractivity contribution in [1.29, 1.82) is 0 Å². The van der Waals surface area contributed by atoms with E-state index in [0.29, 0.717) is 15.1 Å². The van der Waals surface area contributed by atoms with Crippen LogP contribution in [0.2, 0.25) is 0 Å². The topological polar surface area (TPSA) is 86.2 Å². The van der Waals surface area contributed by atoms with Crippen molar-refractivity contribution in [2.24, 2.45) is 5.73 Å². The van der Waals surface area contributed by atoms with E-state index in [1.165, 1.54) is 12.1 Å². The molecular weight excluding hydrogens is 359 g/mol. The summed E-state index contributed by atoms with van der Waals surface area (Å²) in [7, 11) is -1.48. The maximum Gasteiger partial charge on any atom is 0.248 e. The molecule has 0 spiro atoms. The molecule has 2 aromatic rings. The monoisotopic (exact) mass is 370 g/mol. The van der Waals surface area contributed by atoms with Crippen molar-refractivity contribution in [3.63, 3.8) is 0 Å². The highest BCUT2D eigenvalue weighted by Crippen LogP contribution is 2.25. The summed E-state index contributed by atoms with van der Waals surface area (Å²) in [6.07, 6.45) is 0. The van der Waals surface area contributed by atoms with Gasteiger partial charge in [-0.05, 0) is 52.3 Å². The lowest BCUT2D eigenvalue weighted by Gasteiger charge is -2.08. The van der Waals surface area contributed by atoms with Crippen LogP contribution in [0.3, 0.4) is 0 Å². The summed E-state index contributed by atoms with van der Waals surface area (Å²) in [5.74, 6) is -1.24. The van der Waals surface area contributed by atoms with Gasteiger partial charge < -0.3 is 11.5 Å². The second kappa shape index (κ2) is 6.36. The number of halogens is 2. The van der Waals surface area contributed by atoms with E-state index in [1.807, 2.05) is 0 Å². The van der Waals surface area contributed by atoms with E-state index >= 15 is 0 Å². The zero-order valence-corrected chi connectivity index (χ0v) is 13.2. The van der Waals surface area contributed by atoms with Crippen LogP contribution in [-0.2, 0) is 16.6 Å². The Bertz CT molecular complexity index is 737. The van der Waals surface area contributed by atoms with Crippen LogP contribution in [0.4, 0.5) is 10.1 Å². The first-order chi connectivity index (χ1) is 9.88. The number of nitrogens with two attached hydrogens (primary N) is 2. The van der Waals surface area contributed by atoms with Gasteiger partial charge in [0, 0.05) is 21.3 Å². The number of carbonyl (C=O) groups is 1. The summed E-state index contributed by atoms with van der Waals surface area (Å²) >= 11 is 3.28. The van der Waals surface area contributed by atoms with Crippen molar-refractivity contribution < 1.29 is 13.4 Å². The average Bonchev–Trinajstić information content (AvgIpc) is 2.40. The Morgan fingerprint density at radius 3 is 2.57 bits per heavy atom. The summed E-state index contributed by atoms with van der Waals surface area (Å²) in [5, 5.41) is 0. The van der Waals surface area contributed by atoms with E-state index in [9.17, 15) is 13.4 Å². The molecule has 0 saturated carbocycles. The van der Waals surface area contributed by atoms with Crippen molar-refractivity contribution in [2.75, 3.05) is 5.73 Å². The van der Waals surface area contributed by atoms with Gasteiger partial charge in [0.15, 0.2) is 0 Å². The van der Waals surface area contributed by atoms with Gasteiger partial charge in [-0.3, -0.25) is 9.00 Å². The molecule has 0 radical (unpaired) electrons. The summed E-state index contributed by atoms with van der Waals surface area (Å²) in [4.78, 5) is 11.6. The molecule has 0 saturated heterocycles. The number of carbonyl (C=O) groups excluding carboxylic acids is 1. The maximum absolute atomic E-state index is 13.8. The summed E-state index contributed by atoms with van der Waals surface area (Å²) < 4.78 is 26.7. The summed E-state index contributed by atoms with van der Waals surface area (Å²) in [6, 6.07) is 8.62. The van der Waals surface area contributed by atoms with Crippen molar-refractivity contribution in [2.45, 2.75) is 10.6 Å². The van der Waals surface area contributed by atoms with Gasteiger partial charge in [-0.15, -0.1) is 0 Å². The maximum atomic E-state index is 13.8. The third-order valence-corrected chi connectivity index (χ3v) is 5.16. The number of rotatable bonds is 4. The third kappa shape index (κ3) is 3.68. The minimum Gasteiger partial charge on any atom is -0.399 e. The fourth-order valence-corrected chi connectivity index (χ4v) is 3.85. The first-order valence-electron chi connectivity index (χ1n) is 5.90. The normalized spacial score (nSPS) is 12.1. The van der Waals surface area contributed by atoms with Crippen molar-refractivity contribution in [3.05, 3.63) is 57.8 Å². The number of anilines is 1. The average molecular weight is 371 g/mol. The van der Waals surface area contributed by atoms with Gasteiger partial charge in [0.25, 0.3) is 0 Å². The SMILES string of the molecule is NC(=O)c1ccc(F)c(CS(=O)c2ccc(N)cc2Br)c1. The van der Waals surface area contributed by atoms with Crippen LogP contribution in [0.5, 0.6) is 0 Å². The fraction of sp³-hybridized carbons (Fsp3) is 0.0714. The predicted octanol–water partition coefficient (Wildman–Crippen LogP) is 2.58. The van der Waals surface area contributed by atoms with Crippen LogP contribution in [0, 0.1) is 5.82 Å². The Hall–Kier alpha value is -1.73. The molecule has 0 aliphatic rings. The van der Waals surface area contributed by atoms with Crippen LogP contribution >= 0.6 is 15.9 Å². The van der Waals surface area contributed by atoms with Gasteiger partial charge in [-0.2, -0.15) is 0 Å².